The minimum Gasteiger partial charge on any atom is -0.494 e. The third-order valence-corrected chi connectivity index (χ3v) is 7.95. The maximum absolute atomic E-state index is 13.7. The van der Waals surface area contributed by atoms with Gasteiger partial charge in [-0.15, -0.1) is 10.2 Å². The van der Waals surface area contributed by atoms with Crippen molar-refractivity contribution in [1.29, 1.82) is 0 Å². The van der Waals surface area contributed by atoms with Gasteiger partial charge in [-0.2, -0.15) is 0 Å². The fourth-order valence-electron chi connectivity index (χ4n) is 3.94. The molecule has 0 saturated heterocycles. The Morgan fingerprint density at radius 2 is 1.62 bits per heavy atom. The summed E-state index contributed by atoms with van der Waals surface area (Å²) in [5, 5.41) is 7.63. The van der Waals surface area contributed by atoms with E-state index in [9.17, 15) is 8.42 Å². The van der Waals surface area contributed by atoms with Crippen LogP contribution in [-0.2, 0) is 20.3 Å². The van der Waals surface area contributed by atoms with Crippen LogP contribution in [-0.4, -0.2) is 64.7 Å². The summed E-state index contributed by atoms with van der Waals surface area (Å²) in [6.07, 6.45) is 5.63. The second-order valence-electron chi connectivity index (χ2n) is 8.32. The quantitative estimate of drug-likeness (QED) is 0.305. The Bertz CT molecular complexity index is 1440. The number of ether oxygens (including phenoxy) is 3. The molecule has 3 heterocycles. The predicted octanol–water partition coefficient (Wildman–Crippen LogP) is 3.14. The number of sulfone groups is 1. The van der Waals surface area contributed by atoms with E-state index in [0.29, 0.717) is 28.6 Å². The first-order valence-corrected chi connectivity index (χ1v) is 13.1. The number of aromatic nitrogens is 6. The van der Waals surface area contributed by atoms with Crippen LogP contribution in [0.5, 0.6) is 11.5 Å². The molecule has 0 aliphatic rings. The SMILES string of the molecule is COc1cccc(OC)c1-n1c(CS(=O)(=O)[C@@H](C)[C@@H](OC)c2ncc(C)cn2)nnc1-c1cccnc1. The zero-order chi connectivity index (χ0) is 26.6. The molecule has 0 N–H and O–H groups in total. The highest BCUT2D eigenvalue weighted by Gasteiger charge is 2.35. The third-order valence-electron chi connectivity index (χ3n) is 5.91. The number of hydrogen-bond donors (Lipinski definition) is 0. The molecule has 1 aromatic carbocycles. The maximum atomic E-state index is 13.7. The van der Waals surface area contributed by atoms with Crippen LogP contribution in [0.15, 0.2) is 55.1 Å². The molecule has 2 atom stereocenters. The van der Waals surface area contributed by atoms with Crippen LogP contribution >= 0.6 is 0 Å². The first-order valence-electron chi connectivity index (χ1n) is 11.4. The third kappa shape index (κ3) is 5.30. The van der Waals surface area contributed by atoms with E-state index in [4.69, 9.17) is 14.2 Å². The van der Waals surface area contributed by atoms with Gasteiger partial charge in [0.05, 0.1) is 19.5 Å². The van der Waals surface area contributed by atoms with Gasteiger partial charge in [0.15, 0.2) is 27.3 Å². The van der Waals surface area contributed by atoms with Gasteiger partial charge in [-0.25, -0.2) is 18.4 Å². The summed E-state index contributed by atoms with van der Waals surface area (Å²) in [5.74, 6) is 1.33. The number of nitrogens with zero attached hydrogens (tertiary/aromatic N) is 6. The van der Waals surface area contributed by atoms with Crippen molar-refractivity contribution in [2.24, 2.45) is 0 Å². The van der Waals surface area contributed by atoms with Gasteiger partial charge in [-0.05, 0) is 43.7 Å². The molecule has 0 radical (unpaired) electrons. The van der Waals surface area contributed by atoms with Crippen LogP contribution in [0.3, 0.4) is 0 Å². The van der Waals surface area contributed by atoms with Crippen LogP contribution in [0, 0.1) is 6.92 Å². The molecule has 0 aliphatic heterocycles. The van der Waals surface area contributed by atoms with Gasteiger partial charge >= 0.3 is 0 Å². The van der Waals surface area contributed by atoms with E-state index in [2.05, 4.69) is 25.1 Å². The summed E-state index contributed by atoms with van der Waals surface area (Å²) in [6.45, 7) is 3.42. The molecule has 0 aliphatic carbocycles. The van der Waals surface area contributed by atoms with Gasteiger partial charge in [-0.3, -0.25) is 9.55 Å². The molecule has 37 heavy (non-hydrogen) atoms. The largest absolute Gasteiger partial charge is 0.494 e. The van der Waals surface area contributed by atoms with Crippen molar-refractivity contribution < 1.29 is 22.6 Å². The molecule has 0 bridgehead atoms. The monoisotopic (exact) mass is 524 g/mol. The lowest BCUT2D eigenvalue weighted by Crippen LogP contribution is -2.30. The van der Waals surface area contributed by atoms with E-state index in [1.165, 1.54) is 21.3 Å². The van der Waals surface area contributed by atoms with E-state index in [1.807, 2.05) is 13.0 Å². The molecule has 0 spiro atoms. The lowest BCUT2D eigenvalue weighted by molar-refractivity contribution is 0.0947. The van der Waals surface area contributed by atoms with Crippen molar-refractivity contribution in [3.05, 3.63) is 72.3 Å². The molecule has 0 fully saturated rings. The number of methoxy groups -OCH3 is 3. The van der Waals surface area contributed by atoms with Gasteiger partial charge < -0.3 is 14.2 Å². The average molecular weight is 525 g/mol. The minimum absolute atomic E-state index is 0.174. The van der Waals surface area contributed by atoms with Gasteiger partial charge in [0.25, 0.3) is 0 Å². The highest BCUT2D eigenvalue weighted by atomic mass is 32.2. The summed E-state index contributed by atoms with van der Waals surface area (Å²) in [6, 6.07) is 8.85. The summed E-state index contributed by atoms with van der Waals surface area (Å²) in [5.41, 5.74) is 1.97. The Hall–Kier alpha value is -3.90. The summed E-state index contributed by atoms with van der Waals surface area (Å²) < 4.78 is 45.7. The van der Waals surface area contributed by atoms with E-state index < -0.39 is 26.9 Å². The van der Waals surface area contributed by atoms with Gasteiger partial charge in [0, 0.05) is 37.5 Å². The number of pyridine rings is 1. The molecule has 194 valence electrons. The number of aryl methyl sites for hydroxylation is 1. The minimum atomic E-state index is -3.85. The number of rotatable bonds is 10. The Balaban J connectivity index is 1.83. The Labute approximate surface area is 215 Å². The van der Waals surface area contributed by atoms with Crippen LogP contribution in [0.1, 0.15) is 30.2 Å². The molecule has 12 heteroatoms. The normalized spacial score (nSPS) is 13.2. The van der Waals surface area contributed by atoms with E-state index >= 15 is 0 Å². The summed E-state index contributed by atoms with van der Waals surface area (Å²) >= 11 is 0. The molecule has 4 aromatic rings. The molecule has 11 nitrogen and oxygen atoms in total. The van der Waals surface area contributed by atoms with Gasteiger partial charge in [0.2, 0.25) is 0 Å². The van der Waals surface area contributed by atoms with E-state index in [-0.39, 0.29) is 11.6 Å². The highest BCUT2D eigenvalue weighted by molar-refractivity contribution is 7.91. The highest BCUT2D eigenvalue weighted by Crippen LogP contribution is 2.37. The standard InChI is InChI=1S/C25H28N6O5S/c1-16-12-27-24(28-13-16)23(36-5)17(2)37(32,33)15-21-29-30-25(18-8-7-11-26-14-18)31(21)22-19(34-3)9-6-10-20(22)35-4/h6-14,17,23H,15H2,1-5H3/t17-,23+/m0/s1. The molecule has 0 amide bonds. The fourth-order valence-corrected chi connectivity index (χ4v) is 5.35. The molecule has 0 unspecified atom stereocenters. The number of para-hydroxylation sites is 1. The Morgan fingerprint density at radius 1 is 0.946 bits per heavy atom. The molecular weight excluding hydrogens is 496 g/mol. The Kier molecular flexibility index (Phi) is 7.79. The van der Waals surface area contributed by atoms with Crippen LogP contribution in [0.4, 0.5) is 0 Å². The van der Waals surface area contributed by atoms with Crippen molar-refractivity contribution in [2.75, 3.05) is 21.3 Å². The smallest absolute Gasteiger partial charge is 0.170 e. The maximum Gasteiger partial charge on any atom is 0.170 e. The first kappa shape index (κ1) is 26.2. The Morgan fingerprint density at radius 3 is 2.19 bits per heavy atom. The van der Waals surface area contributed by atoms with Gasteiger partial charge in [-0.1, -0.05) is 6.07 Å². The lowest BCUT2D eigenvalue weighted by atomic mass is 10.2. The van der Waals surface area contributed by atoms with Crippen molar-refractivity contribution in [3.63, 3.8) is 0 Å². The summed E-state index contributed by atoms with van der Waals surface area (Å²) in [7, 11) is 0.633. The second kappa shape index (κ2) is 11.0. The topological polar surface area (TPSA) is 131 Å². The zero-order valence-electron chi connectivity index (χ0n) is 21.2. The predicted molar refractivity (Wildman–Crippen MR) is 136 cm³/mol. The van der Waals surface area contributed by atoms with Crippen LogP contribution < -0.4 is 9.47 Å². The van der Waals surface area contributed by atoms with Gasteiger partial charge in [0.1, 0.15) is 29.0 Å². The molecule has 0 saturated carbocycles. The van der Waals surface area contributed by atoms with E-state index in [1.54, 1.807) is 60.5 Å². The number of benzene rings is 1. The zero-order valence-corrected chi connectivity index (χ0v) is 22.0. The van der Waals surface area contributed by atoms with Crippen molar-refractivity contribution in [1.82, 2.24) is 29.7 Å². The van der Waals surface area contributed by atoms with Crippen molar-refractivity contribution in [2.45, 2.75) is 31.0 Å². The van der Waals surface area contributed by atoms with Crippen molar-refractivity contribution in [3.8, 4) is 28.6 Å². The van der Waals surface area contributed by atoms with Crippen LogP contribution in [0.2, 0.25) is 0 Å². The first-order chi connectivity index (χ1) is 17.8. The lowest BCUT2D eigenvalue weighted by Gasteiger charge is -2.22. The van der Waals surface area contributed by atoms with Crippen LogP contribution in [0.25, 0.3) is 17.1 Å². The molecular formula is C25H28N6O5S. The molecule has 3 aromatic heterocycles. The molecule has 4 rings (SSSR count). The summed E-state index contributed by atoms with van der Waals surface area (Å²) in [4.78, 5) is 12.7. The average Bonchev–Trinajstić information content (AvgIpc) is 3.32. The van der Waals surface area contributed by atoms with E-state index in [0.717, 1.165) is 5.56 Å². The fraction of sp³-hybridized carbons (Fsp3) is 0.320. The number of hydrogen-bond acceptors (Lipinski definition) is 10. The van der Waals surface area contributed by atoms with Crippen molar-refractivity contribution >= 4 is 9.84 Å². The second-order valence-corrected chi connectivity index (χ2v) is 10.7.